The van der Waals surface area contributed by atoms with Crippen molar-refractivity contribution in [1.29, 1.82) is 0 Å². The van der Waals surface area contributed by atoms with E-state index in [0.29, 0.717) is 22.3 Å². The quantitative estimate of drug-likeness (QED) is 0.475. The van der Waals surface area contributed by atoms with Crippen LogP contribution < -0.4 is 0 Å². The average molecular weight is 346 g/mol. The predicted octanol–water partition coefficient (Wildman–Crippen LogP) is 3.18. The summed E-state index contributed by atoms with van der Waals surface area (Å²) in [4.78, 5) is 21.1. The van der Waals surface area contributed by atoms with Gasteiger partial charge in [0.1, 0.15) is 18.1 Å². The standard InChI is InChI=1S/C19H22O6/c1-11-5-13(7-15(18(11)21)9-17(20)23-3)14-6-12(2)19(22)16(8-14)10-25-24-4/h5-8,21-22H,9-10H2,1-4H3. The molecule has 0 aromatic heterocycles. The van der Waals surface area contributed by atoms with Crippen LogP contribution in [0.4, 0.5) is 0 Å². The second-order valence-corrected chi connectivity index (χ2v) is 5.78. The largest absolute Gasteiger partial charge is 0.507 e. The molecular weight excluding hydrogens is 324 g/mol. The molecule has 2 rings (SSSR count). The summed E-state index contributed by atoms with van der Waals surface area (Å²) in [6.07, 6.45) is -0.0201. The van der Waals surface area contributed by atoms with Crippen molar-refractivity contribution in [3.05, 3.63) is 46.5 Å². The molecule has 0 amide bonds. The third-order valence-electron chi connectivity index (χ3n) is 3.99. The molecule has 0 aliphatic carbocycles. The molecular formula is C19H22O6. The summed E-state index contributed by atoms with van der Waals surface area (Å²) in [5, 5.41) is 20.4. The fourth-order valence-corrected chi connectivity index (χ4v) is 2.63. The summed E-state index contributed by atoms with van der Waals surface area (Å²) in [7, 11) is 2.71. The van der Waals surface area contributed by atoms with Crippen LogP contribution in [0.1, 0.15) is 22.3 Å². The van der Waals surface area contributed by atoms with Crippen LogP contribution in [0.2, 0.25) is 0 Å². The fourth-order valence-electron chi connectivity index (χ4n) is 2.63. The summed E-state index contributed by atoms with van der Waals surface area (Å²) in [6.45, 7) is 3.66. The van der Waals surface area contributed by atoms with Crippen molar-refractivity contribution in [3.63, 3.8) is 0 Å². The van der Waals surface area contributed by atoms with E-state index in [9.17, 15) is 15.0 Å². The first-order chi connectivity index (χ1) is 11.9. The molecule has 2 aromatic carbocycles. The Labute approximate surface area is 146 Å². The third-order valence-corrected chi connectivity index (χ3v) is 3.99. The highest BCUT2D eigenvalue weighted by Crippen LogP contribution is 2.34. The number of esters is 1. The van der Waals surface area contributed by atoms with E-state index in [1.165, 1.54) is 14.2 Å². The Hall–Kier alpha value is -2.57. The van der Waals surface area contributed by atoms with Gasteiger partial charge in [0.05, 0.1) is 20.6 Å². The molecule has 0 aliphatic rings. The minimum atomic E-state index is -0.428. The summed E-state index contributed by atoms with van der Waals surface area (Å²) in [5.74, 6) is -0.207. The smallest absolute Gasteiger partial charge is 0.310 e. The maximum Gasteiger partial charge on any atom is 0.310 e. The summed E-state index contributed by atoms with van der Waals surface area (Å²) >= 11 is 0. The molecule has 6 heteroatoms. The van der Waals surface area contributed by atoms with E-state index in [2.05, 4.69) is 9.62 Å². The van der Waals surface area contributed by atoms with Crippen LogP contribution in [0, 0.1) is 13.8 Å². The highest BCUT2D eigenvalue weighted by atomic mass is 17.2. The lowest BCUT2D eigenvalue weighted by molar-refractivity contribution is -0.282. The van der Waals surface area contributed by atoms with Crippen LogP contribution in [0.15, 0.2) is 24.3 Å². The number of aryl methyl sites for hydroxylation is 2. The number of carbonyl (C=O) groups excluding carboxylic acids is 1. The fraction of sp³-hybridized carbons (Fsp3) is 0.316. The van der Waals surface area contributed by atoms with Crippen LogP contribution in [0.25, 0.3) is 11.1 Å². The van der Waals surface area contributed by atoms with Gasteiger partial charge < -0.3 is 14.9 Å². The van der Waals surface area contributed by atoms with Crippen LogP contribution in [0.3, 0.4) is 0 Å². The van der Waals surface area contributed by atoms with Crippen molar-refractivity contribution in [2.75, 3.05) is 14.2 Å². The number of aromatic hydroxyl groups is 2. The van der Waals surface area contributed by atoms with Gasteiger partial charge in [0.15, 0.2) is 0 Å². The number of ether oxygens (including phenoxy) is 1. The topological polar surface area (TPSA) is 85.2 Å². The monoisotopic (exact) mass is 346 g/mol. The number of rotatable bonds is 6. The van der Waals surface area contributed by atoms with Gasteiger partial charge in [-0.25, -0.2) is 9.78 Å². The first-order valence-corrected chi connectivity index (χ1v) is 7.75. The second-order valence-electron chi connectivity index (χ2n) is 5.78. The number of benzene rings is 2. The number of methoxy groups -OCH3 is 1. The molecule has 0 atom stereocenters. The van der Waals surface area contributed by atoms with Crippen molar-refractivity contribution in [3.8, 4) is 22.6 Å². The Morgan fingerprint density at radius 3 is 1.96 bits per heavy atom. The van der Waals surface area contributed by atoms with E-state index in [1.807, 2.05) is 12.1 Å². The van der Waals surface area contributed by atoms with E-state index in [-0.39, 0.29) is 24.5 Å². The zero-order valence-corrected chi connectivity index (χ0v) is 14.8. The first kappa shape index (κ1) is 18.8. The molecule has 134 valence electrons. The molecule has 0 saturated heterocycles. The molecule has 0 aliphatic heterocycles. The summed E-state index contributed by atoms with van der Waals surface area (Å²) in [6, 6.07) is 7.18. The van der Waals surface area contributed by atoms with Crippen LogP contribution in [-0.4, -0.2) is 30.4 Å². The molecule has 2 N–H and O–H groups in total. The number of carbonyl (C=O) groups is 1. The highest BCUT2D eigenvalue weighted by Gasteiger charge is 2.15. The van der Waals surface area contributed by atoms with Gasteiger partial charge in [0.2, 0.25) is 0 Å². The maximum atomic E-state index is 11.6. The minimum Gasteiger partial charge on any atom is -0.507 e. The lowest BCUT2D eigenvalue weighted by atomic mass is 9.95. The number of phenolic OH excluding ortho intramolecular Hbond substituents is 2. The van der Waals surface area contributed by atoms with E-state index in [1.54, 1.807) is 26.0 Å². The van der Waals surface area contributed by atoms with Gasteiger partial charge in [-0.05, 0) is 60.4 Å². The van der Waals surface area contributed by atoms with Crippen molar-refractivity contribution in [2.45, 2.75) is 26.9 Å². The Morgan fingerprint density at radius 1 is 0.920 bits per heavy atom. The van der Waals surface area contributed by atoms with Gasteiger partial charge in [0, 0.05) is 11.1 Å². The van der Waals surface area contributed by atoms with Gasteiger partial charge in [-0.15, -0.1) is 0 Å². The molecule has 0 bridgehead atoms. The molecule has 0 saturated carbocycles. The molecule has 0 spiro atoms. The van der Waals surface area contributed by atoms with E-state index in [4.69, 9.17) is 4.89 Å². The SMILES string of the molecule is COOCc1cc(-c2cc(C)c(O)c(CC(=O)OC)c2)cc(C)c1O. The first-order valence-electron chi connectivity index (χ1n) is 7.75. The Morgan fingerprint density at radius 2 is 1.44 bits per heavy atom. The molecule has 0 fully saturated rings. The zero-order valence-electron chi connectivity index (χ0n) is 14.8. The second kappa shape index (κ2) is 8.00. The molecule has 6 nitrogen and oxygen atoms in total. The van der Waals surface area contributed by atoms with Crippen LogP contribution >= 0.6 is 0 Å². The zero-order chi connectivity index (χ0) is 18.6. The van der Waals surface area contributed by atoms with Crippen LogP contribution in [-0.2, 0) is 32.3 Å². The Balaban J connectivity index is 2.50. The van der Waals surface area contributed by atoms with Crippen LogP contribution in [0.5, 0.6) is 11.5 Å². The van der Waals surface area contributed by atoms with Gasteiger partial charge in [0.25, 0.3) is 0 Å². The van der Waals surface area contributed by atoms with Crippen molar-refractivity contribution in [1.82, 2.24) is 0 Å². The lowest BCUT2D eigenvalue weighted by Crippen LogP contribution is -2.05. The minimum absolute atomic E-state index is 0.0201. The number of hydrogen-bond donors (Lipinski definition) is 2. The van der Waals surface area contributed by atoms with Crippen molar-refractivity contribution < 1.29 is 29.5 Å². The molecule has 0 radical (unpaired) electrons. The maximum absolute atomic E-state index is 11.6. The summed E-state index contributed by atoms with van der Waals surface area (Å²) < 4.78 is 4.68. The third kappa shape index (κ3) is 4.29. The summed E-state index contributed by atoms with van der Waals surface area (Å²) in [5.41, 5.74) is 4.05. The van der Waals surface area contributed by atoms with E-state index < -0.39 is 5.97 Å². The molecule has 25 heavy (non-hydrogen) atoms. The molecule has 0 unspecified atom stereocenters. The van der Waals surface area contributed by atoms with Crippen molar-refractivity contribution >= 4 is 5.97 Å². The molecule has 0 heterocycles. The number of hydrogen-bond acceptors (Lipinski definition) is 6. The Bertz CT molecular complexity index is 782. The number of phenols is 2. The Kier molecular flexibility index (Phi) is 6.01. The molecule has 2 aromatic rings. The average Bonchev–Trinajstić information content (AvgIpc) is 2.59. The van der Waals surface area contributed by atoms with Gasteiger partial charge in [-0.2, -0.15) is 0 Å². The van der Waals surface area contributed by atoms with E-state index >= 15 is 0 Å². The van der Waals surface area contributed by atoms with E-state index in [0.717, 1.165) is 11.1 Å². The highest BCUT2D eigenvalue weighted by molar-refractivity contribution is 5.76. The normalized spacial score (nSPS) is 10.7. The van der Waals surface area contributed by atoms with Gasteiger partial charge in [-0.3, -0.25) is 4.79 Å². The van der Waals surface area contributed by atoms with Gasteiger partial charge >= 0.3 is 5.97 Å². The van der Waals surface area contributed by atoms with Crippen molar-refractivity contribution in [2.24, 2.45) is 0 Å². The van der Waals surface area contributed by atoms with Gasteiger partial charge in [-0.1, -0.05) is 0 Å². The predicted molar refractivity (Wildman–Crippen MR) is 92.2 cm³/mol. The lowest BCUT2D eigenvalue weighted by Gasteiger charge is -2.14.